The molecule has 2 atom stereocenters. The first-order chi connectivity index (χ1) is 8.67. The van der Waals surface area contributed by atoms with Crippen molar-refractivity contribution in [3.8, 4) is 5.75 Å². The second kappa shape index (κ2) is 5.40. The second-order valence-electron chi connectivity index (χ2n) is 4.56. The SMILES string of the molecule is CCC(Oc1cccc2c1CCC2NC)C(=O)O. The van der Waals surface area contributed by atoms with Crippen molar-refractivity contribution >= 4 is 5.97 Å². The van der Waals surface area contributed by atoms with E-state index >= 15 is 0 Å². The average molecular weight is 249 g/mol. The predicted octanol–water partition coefficient (Wildman–Crippen LogP) is 2.14. The first kappa shape index (κ1) is 12.9. The van der Waals surface area contributed by atoms with Crippen LogP contribution in [0.3, 0.4) is 0 Å². The van der Waals surface area contributed by atoms with Crippen LogP contribution in [0.5, 0.6) is 5.75 Å². The molecular weight excluding hydrogens is 230 g/mol. The van der Waals surface area contributed by atoms with Crippen molar-refractivity contribution in [1.82, 2.24) is 5.32 Å². The average Bonchev–Trinajstić information content (AvgIpc) is 2.79. The molecular formula is C14H19NO3. The maximum Gasteiger partial charge on any atom is 0.344 e. The number of benzene rings is 1. The summed E-state index contributed by atoms with van der Waals surface area (Å²) in [6.07, 6.45) is 1.68. The van der Waals surface area contributed by atoms with Gasteiger partial charge in [0.1, 0.15) is 5.75 Å². The van der Waals surface area contributed by atoms with Crippen molar-refractivity contribution < 1.29 is 14.6 Å². The van der Waals surface area contributed by atoms with Crippen LogP contribution in [0.2, 0.25) is 0 Å². The van der Waals surface area contributed by atoms with Gasteiger partial charge in [0.25, 0.3) is 0 Å². The van der Waals surface area contributed by atoms with Crippen LogP contribution in [-0.2, 0) is 11.2 Å². The molecule has 2 N–H and O–H groups in total. The molecule has 0 spiro atoms. The molecule has 1 aromatic carbocycles. The zero-order chi connectivity index (χ0) is 13.1. The van der Waals surface area contributed by atoms with Crippen LogP contribution in [0, 0.1) is 0 Å². The Bertz CT molecular complexity index is 445. The number of hydrogen-bond acceptors (Lipinski definition) is 3. The monoisotopic (exact) mass is 249 g/mol. The van der Waals surface area contributed by atoms with Gasteiger partial charge < -0.3 is 15.2 Å². The molecule has 0 bridgehead atoms. The molecule has 0 saturated heterocycles. The Morgan fingerprint density at radius 1 is 1.61 bits per heavy atom. The highest BCUT2D eigenvalue weighted by Gasteiger charge is 2.26. The highest BCUT2D eigenvalue weighted by Crippen LogP contribution is 2.37. The number of hydrogen-bond donors (Lipinski definition) is 2. The van der Waals surface area contributed by atoms with E-state index in [1.807, 2.05) is 26.1 Å². The number of fused-ring (bicyclic) bond motifs is 1. The quantitative estimate of drug-likeness (QED) is 0.839. The lowest BCUT2D eigenvalue weighted by Gasteiger charge is -2.17. The normalized spacial score (nSPS) is 19.3. The van der Waals surface area contributed by atoms with Crippen molar-refractivity contribution in [2.75, 3.05) is 7.05 Å². The summed E-state index contributed by atoms with van der Waals surface area (Å²) < 4.78 is 5.63. The van der Waals surface area contributed by atoms with Crippen LogP contribution in [0.25, 0.3) is 0 Å². The Labute approximate surface area is 107 Å². The summed E-state index contributed by atoms with van der Waals surface area (Å²) in [5.41, 5.74) is 2.38. The maximum atomic E-state index is 11.0. The second-order valence-corrected chi connectivity index (χ2v) is 4.56. The van der Waals surface area contributed by atoms with Crippen molar-refractivity contribution in [3.63, 3.8) is 0 Å². The summed E-state index contributed by atoms with van der Waals surface area (Å²) in [4.78, 5) is 11.0. The minimum Gasteiger partial charge on any atom is -0.479 e. The Hall–Kier alpha value is -1.55. The number of carbonyl (C=O) groups is 1. The van der Waals surface area contributed by atoms with Gasteiger partial charge in [0.05, 0.1) is 0 Å². The third kappa shape index (κ3) is 2.34. The van der Waals surface area contributed by atoms with Crippen LogP contribution < -0.4 is 10.1 Å². The number of rotatable bonds is 5. The Morgan fingerprint density at radius 2 is 2.39 bits per heavy atom. The molecule has 0 amide bonds. The zero-order valence-corrected chi connectivity index (χ0v) is 10.8. The number of ether oxygens (including phenoxy) is 1. The van der Waals surface area contributed by atoms with E-state index in [1.54, 1.807) is 0 Å². The molecule has 4 nitrogen and oxygen atoms in total. The molecule has 0 radical (unpaired) electrons. The molecule has 1 aliphatic carbocycles. The highest BCUT2D eigenvalue weighted by molar-refractivity contribution is 5.72. The minimum absolute atomic E-state index is 0.355. The van der Waals surface area contributed by atoms with Crippen molar-refractivity contribution in [2.45, 2.75) is 38.3 Å². The molecule has 0 aliphatic heterocycles. The Morgan fingerprint density at radius 3 is 3.00 bits per heavy atom. The fourth-order valence-electron chi connectivity index (χ4n) is 2.49. The van der Waals surface area contributed by atoms with Gasteiger partial charge in [-0.1, -0.05) is 19.1 Å². The summed E-state index contributed by atoms with van der Waals surface area (Å²) >= 11 is 0. The van der Waals surface area contributed by atoms with Gasteiger partial charge in [-0.15, -0.1) is 0 Å². The van der Waals surface area contributed by atoms with Gasteiger partial charge in [-0.25, -0.2) is 4.79 Å². The van der Waals surface area contributed by atoms with E-state index in [4.69, 9.17) is 9.84 Å². The van der Waals surface area contributed by atoms with Gasteiger partial charge >= 0.3 is 5.97 Å². The smallest absolute Gasteiger partial charge is 0.344 e. The van der Waals surface area contributed by atoms with Gasteiger partial charge in [-0.3, -0.25) is 0 Å². The first-order valence-electron chi connectivity index (χ1n) is 6.35. The van der Waals surface area contributed by atoms with Gasteiger partial charge in [-0.05, 0) is 43.5 Å². The number of aliphatic carboxylic acids is 1. The van der Waals surface area contributed by atoms with Gasteiger partial charge in [-0.2, -0.15) is 0 Å². The van der Waals surface area contributed by atoms with E-state index in [9.17, 15) is 4.79 Å². The number of nitrogens with one attached hydrogen (secondary N) is 1. The minimum atomic E-state index is -0.904. The molecule has 0 aromatic heterocycles. The van der Waals surface area contributed by atoms with E-state index in [0.29, 0.717) is 12.5 Å². The Balaban J connectivity index is 2.25. The van der Waals surface area contributed by atoms with Crippen LogP contribution in [0.15, 0.2) is 18.2 Å². The van der Waals surface area contributed by atoms with Crippen LogP contribution >= 0.6 is 0 Å². The van der Waals surface area contributed by atoms with Crippen LogP contribution in [-0.4, -0.2) is 24.2 Å². The Kier molecular flexibility index (Phi) is 3.87. The maximum absolute atomic E-state index is 11.0. The van der Waals surface area contributed by atoms with E-state index in [0.717, 1.165) is 24.2 Å². The van der Waals surface area contributed by atoms with Gasteiger partial charge in [0.2, 0.25) is 0 Å². The summed E-state index contributed by atoms with van der Waals surface area (Å²) in [6.45, 7) is 1.82. The first-order valence-corrected chi connectivity index (χ1v) is 6.35. The summed E-state index contributed by atoms with van der Waals surface area (Å²) in [5, 5.41) is 12.3. The number of carboxylic acid groups (broad SMARTS) is 1. The summed E-state index contributed by atoms with van der Waals surface area (Å²) in [7, 11) is 1.94. The lowest BCUT2D eigenvalue weighted by molar-refractivity contribution is -0.145. The molecule has 18 heavy (non-hydrogen) atoms. The third-order valence-electron chi connectivity index (χ3n) is 3.49. The molecule has 0 saturated carbocycles. The molecule has 0 fully saturated rings. The molecule has 98 valence electrons. The van der Waals surface area contributed by atoms with E-state index in [1.165, 1.54) is 5.56 Å². The van der Waals surface area contributed by atoms with Crippen molar-refractivity contribution in [1.29, 1.82) is 0 Å². The lowest BCUT2D eigenvalue weighted by Crippen LogP contribution is -2.26. The fraction of sp³-hybridized carbons (Fsp3) is 0.500. The molecule has 1 aliphatic rings. The largest absolute Gasteiger partial charge is 0.479 e. The molecule has 4 heteroatoms. The third-order valence-corrected chi connectivity index (χ3v) is 3.49. The van der Waals surface area contributed by atoms with E-state index in [2.05, 4.69) is 11.4 Å². The molecule has 0 heterocycles. The molecule has 2 unspecified atom stereocenters. The van der Waals surface area contributed by atoms with Gasteiger partial charge in [0.15, 0.2) is 6.10 Å². The van der Waals surface area contributed by atoms with Crippen LogP contribution in [0.1, 0.15) is 36.9 Å². The predicted molar refractivity (Wildman–Crippen MR) is 68.9 cm³/mol. The fourth-order valence-corrected chi connectivity index (χ4v) is 2.49. The van der Waals surface area contributed by atoms with E-state index < -0.39 is 12.1 Å². The summed E-state index contributed by atoms with van der Waals surface area (Å²) in [5.74, 6) is -0.183. The zero-order valence-electron chi connectivity index (χ0n) is 10.8. The standard InChI is InChI=1S/C14H19NO3/c1-3-12(14(16)17)18-13-6-4-5-9-10(13)7-8-11(9)15-2/h4-6,11-12,15H,3,7-8H2,1-2H3,(H,16,17). The topological polar surface area (TPSA) is 58.6 Å². The van der Waals surface area contributed by atoms with Gasteiger partial charge in [0, 0.05) is 6.04 Å². The number of carboxylic acids is 1. The van der Waals surface area contributed by atoms with Crippen molar-refractivity contribution in [2.24, 2.45) is 0 Å². The lowest BCUT2D eigenvalue weighted by atomic mass is 10.1. The van der Waals surface area contributed by atoms with Crippen LogP contribution in [0.4, 0.5) is 0 Å². The molecule has 2 rings (SSSR count). The molecule has 1 aromatic rings. The summed E-state index contributed by atoms with van der Waals surface area (Å²) in [6, 6.07) is 6.23. The van der Waals surface area contributed by atoms with Crippen molar-refractivity contribution in [3.05, 3.63) is 29.3 Å². The highest BCUT2D eigenvalue weighted by atomic mass is 16.5. The van der Waals surface area contributed by atoms with E-state index in [-0.39, 0.29) is 0 Å².